The highest BCUT2D eigenvalue weighted by Gasteiger charge is 2.11. The number of aromatic nitrogens is 4. The number of rotatable bonds is 3. The number of carbonyl (C=O) groups is 1. The number of fused-ring (bicyclic) bond motifs is 1. The number of carbonyl (C=O) groups excluding carboxylic acids is 1. The van der Waals surface area contributed by atoms with Gasteiger partial charge in [-0.3, -0.25) is 5.32 Å². The zero-order chi connectivity index (χ0) is 12.4. The van der Waals surface area contributed by atoms with Crippen molar-refractivity contribution in [2.45, 2.75) is 20.8 Å². The molecule has 0 atom stereocenters. The van der Waals surface area contributed by atoms with E-state index in [1.54, 1.807) is 11.4 Å². The maximum atomic E-state index is 11.4. The predicted octanol–water partition coefficient (Wildman–Crippen LogP) is 1.70. The van der Waals surface area contributed by atoms with Crippen molar-refractivity contribution >= 4 is 27.5 Å². The molecule has 0 saturated heterocycles. The minimum absolute atomic E-state index is 0.306. The number of anilines is 1. The van der Waals surface area contributed by atoms with Gasteiger partial charge in [0.2, 0.25) is 10.1 Å². The maximum Gasteiger partial charge on any atom is 0.413 e. The summed E-state index contributed by atoms with van der Waals surface area (Å²) in [4.78, 5) is 12.0. The molecule has 2 heterocycles. The van der Waals surface area contributed by atoms with Crippen LogP contribution in [0.4, 0.5) is 9.93 Å². The highest BCUT2D eigenvalue weighted by Crippen LogP contribution is 2.18. The Balaban J connectivity index is 2.00. The van der Waals surface area contributed by atoms with E-state index in [1.165, 1.54) is 11.3 Å². The fourth-order valence-corrected chi connectivity index (χ4v) is 1.90. The lowest BCUT2D eigenvalue weighted by Gasteiger charge is -2.06. The molecule has 0 fully saturated rings. The Hall–Kier alpha value is -1.70. The summed E-state index contributed by atoms with van der Waals surface area (Å²) in [6.07, 6.45) is -0.499. The van der Waals surface area contributed by atoms with Crippen LogP contribution in [-0.2, 0) is 4.74 Å². The van der Waals surface area contributed by atoms with Gasteiger partial charge in [0.25, 0.3) is 0 Å². The summed E-state index contributed by atoms with van der Waals surface area (Å²) >= 11 is 1.25. The van der Waals surface area contributed by atoms with Gasteiger partial charge in [0.05, 0.1) is 6.61 Å². The smallest absolute Gasteiger partial charge is 0.413 e. The average Bonchev–Trinajstić information content (AvgIpc) is 2.78. The molecule has 0 aromatic carbocycles. The third-order valence-corrected chi connectivity index (χ3v) is 2.72. The molecule has 0 bridgehead atoms. The molecule has 1 N–H and O–H groups in total. The lowest BCUT2D eigenvalue weighted by Crippen LogP contribution is -2.16. The second-order valence-electron chi connectivity index (χ2n) is 3.97. The van der Waals surface area contributed by atoms with Gasteiger partial charge < -0.3 is 4.74 Å². The van der Waals surface area contributed by atoms with E-state index < -0.39 is 6.09 Å². The summed E-state index contributed by atoms with van der Waals surface area (Å²) in [7, 11) is 0. The second-order valence-corrected chi connectivity index (χ2v) is 4.92. The van der Waals surface area contributed by atoms with Gasteiger partial charge in [-0.2, -0.15) is 4.52 Å². The fraction of sp³-hybridized carbons (Fsp3) is 0.556. The SMILES string of the molecule is Cc1nnc2sc(NC(=O)OCC(C)C)nn12. The molecule has 7 nitrogen and oxygen atoms in total. The van der Waals surface area contributed by atoms with Crippen LogP contribution in [0.3, 0.4) is 0 Å². The van der Waals surface area contributed by atoms with Crippen molar-refractivity contribution in [1.82, 2.24) is 19.8 Å². The van der Waals surface area contributed by atoms with Crippen molar-refractivity contribution in [2.75, 3.05) is 11.9 Å². The largest absolute Gasteiger partial charge is 0.449 e. The molecule has 0 aliphatic rings. The summed E-state index contributed by atoms with van der Waals surface area (Å²) in [6, 6.07) is 0. The molecule has 17 heavy (non-hydrogen) atoms. The molecule has 2 aromatic rings. The molecule has 0 aliphatic carbocycles. The number of amides is 1. The average molecular weight is 255 g/mol. The second kappa shape index (κ2) is 4.66. The molecule has 8 heteroatoms. The topological polar surface area (TPSA) is 81.4 Å². The third-order valence-electron chi connectivity index (χ3n) is 1.90. The van der Waals surface area contributed by atoms with E-state index in [0.29, 0.717) is 28.4 Å². The van der Waals surface area contributed by atoms with Gasteiger partial charge in [-0.1, -0.05) is 25.2 Å². The lowest BCUT2D eigenvalue weighted by atomic mass is 10.2. The van der Waals surface area contributed by atoms with E-state index in [0.717, 1.165) is 0 Å². The summed E-state index contributed by atoms with van der Waals surface area (Å²) in [5, 5.41) is 14.9. The van der Waals surface area contributed by atoms with Gasteiger partial charge in [-0.05, 0) is 12.8 Å². The molecule has 92 valence electrons. The van der Waals surface area contributed by atoms with Crippen LogP contribution in [0.1, 0.15) is 19.7 Å². The van der Waals surface area contributed by atoms with Crippen LogP contribution >= 0.6 is 11.3 Å². The van der Waals surface area contributed by atoms with Crippen LogP contribution in [-0.4, -0.2) is 32.5 Å². The quantitative estimate of drug-likeness (QED) is 0.902. The van der Waals surface area contributed by atoms with Crippen LogP contribution < -0.4 is 5.32 Å². The first kappa shape index (κ1) is 11.8. The molecule has 1 amide bonds. The molecular formula is C9H13N5O2S. The molecule has 0 unspecified atom stereocenters. The van der Waals surface area contributed by atoms with Gasteiger partial charge in [0.1, 0.15) is 0 Å². The van der Waals surface area contributed by atoms with Crippen LogP contribution in [0.2, 0.25) is 0 Å². The monoisotopic (exact) mass is 255 g/mol. The highest BCUT2D eigenvalue weighted by molar-refractivity contribution is 7.20. The van der Waals surface area contributed by atoms with Crippen molar-refractivity contribution < 1.29 is 9.53 Å². The summed E-state index contributed by atoms with van der Waals surface area (Å²) in [6.45, 7) is 6.12. The van der Waals surface area contributed by atoms with Crippen LogP contribution in [0.5, 0.6) is 0 Å². The Kier molecular flexibility index (Phi) is 3.23. The maximum absolute atomic E-state index is 11.4. The first-order valence-electron chi connectivity index (χ1n) is 5.19. The molecular weight excluding hydrogens is 242 g/mol. The Labute approximate surface area is 102 Å². The molecule has 0 saturated carbocycles. The fourth-order valence-electron chi connectivity index (χ4n) is 1.13. The Morgan fingerprint density at radius 1 is 1.53 bits per heavy atom. The van der Waals surface area contributed by atoms with E-state index in [1.807, 2.05) is 13.8 Å². The minimum Gasteiger partial charge on any atom is -0.449 e. The van der Waals surface area contributed by atoms with Crippen molar-refractivity contribution in [3.63, 3.8) is 0 Å². The zero-order valence-corrected chi connectivity index (χ0v) is 10.6. The van der Waals surface area contributed by atoms with Crippen molar-refractivity contribution in [2.24, 2.45) is 5.92 Å². The summed E-state index contributed by atoms with van der Waals surface area (Å²) < 4.78 is 6.55. The normalized spacial score (nSPS) is 11.1. The first-order valence-corrected chi connectivity index (χ1v) is 6.00. The van der Waals surface area contributed by atoms with Crippen molar-refractivity contribution in [1.29, 1.82) is 0 Å². The van der Waals surface area contributed by atoms with Gasteiger partial charge >= 0.3 is 6.09 Å². The minimum atomic E-state index is -0.499. The van der Waals surface area contributed by atoms with Gasteiger partial charge in [-0.25, -0.2) is 4.79 Å². The van der Waals surface area contributed by atoms with E-state index in [2.05, 4.69) is 20.6 Å². The lowest BCUT2D eigenvalue weighted by molar-refractivity contribution is 0.147. The number of nitrogens with one attached hydrogen (secondary N) is 1. The van der Waals surface area contributed by atoms with Crippen molar-refractivity contribution in [3.8, 4) is 0 Å². The molecule has 0 aliphatic heterocycles. The van der Waals surface area contributed by atoms with E-state index >= 15 is 0 Å². The molecule has 2 rings (SSSR count). The van der Waals surface area contributed by atoms with E-state index in [9.17, 15) is 4.79 Å². The highest BCUT2D eigenvalue weighted by atomic mass is 32.1. The van der Waals surface area contributed by atoms with Gasteiger partial charge in [0, 0.05) is 0 Å². The Morgan fingerprint density at radius 2 is 2.29 bits per heavy atom. The number of hydrogen-bond donors (Lipinski definition) is 1. The molecule has 0 radical (unpaired) electrons. The predicted molar refractivity (Wildman–Crippen MR) is 63.2 cm³/mol. The molecule has 0 spiro atoms. The van der Waals surface area contributed by atoms with E-state index in [4.69, 9.17) is 4.74 Å². The molecule has 2 aromatic heterocycles. The number of aryl methyl sites for hydroxylation is 1. The van der Waals surface area contributed by atoms with Crippen LogP contribution in [0.15, 0.2) is 0 Å². The van der Waals surface area contributed by atoms with Gasteiger partial charge in [-0.15, -0.1) is 15.3 Å². The first-order chi connectivity index (χ1) is 8.06. The number of nitrogens with zero attached hydrogens (tertiary/aromatic N) is 4. The van der Waals surface area contributed by atoms with E-state index in [-0.39, 0.29) is 0 Å². The summed E-state index contributed by atoms with van der Waals surface area (Å²) in [5.41, 5.74) is 0. The van der Waals surface area contributed by atoms with Crippen molar-refractivity contribution in [3.05, 3.63) is 5.82 Å². The van der Waals surface area contributed by atoms with Crippen LogP contribution in [0, 0.1) is 12.8 Å². The Morgan fingerprint density at radius 3 is 2.94 bits per heavy atom. The van der Waals surface area contributed by atoms with Gasteiger partial charge in [0.15, 0.2) is 5.82 Å². The standard InChI is InChI=1S/C9H13N5O2S/c1-5(2)4-16-9(15)10-7-13-14-6(3)11-12-8(14)17-7/h5H,4H2,1-3H3,(H,10,13,15). The van der Waals surface area contributed by atoms with Crippen LogP contribution in [0.25, 0.3) is 4.96 Å². The zero-order valence-electron chi connectivity index (χ0n) is 9.80. The third kappa shape index (κ3) is 2.70. The Bertz CT molecular complexity index is 532. The number of hydrogen-bond acceptors (Lipinski definition) is 6. The summed E-state index contributed by atoms with van der Waals surface area (Å²) in [5.74, 6) is 0.987. The number of ether oxygens (including phenoxy) is 1.